The van der Waals surface area contributed by atoms with Gasteiger partial charge in [-0.15, -0.1) is 16.8 Å². The van der Waals surface area contributed by atoms with Gasteiger partial charge in [0, 0.05) is 30.1 Å². The molecule has 9 heteroatoms. The lowest BCUT2D eigenvalue weighted by Gasteiger charge is -2.31. The van der Waals surface area contributed by atoms with Crippen LogP contribution in [0.25, 0.3) is 11.5 Å². The Balaban J connectivity index is 1.47. The highest BCUT2D eigenvalue weighted by molar-refractivity contribution is 6.00. The Morgan fingerprint density at radius 3 is 2.68 bits per heavy atom. The summed E-state index contributed by atoms with van der Waals surface area (Å²) in [7, 11) is 0. The van der Waals surface area contributed by atoms with E-state index in [1.807, 2.05) is 73.3 Å². The first kappa shape index (κ1) is 24.2. The third-order valence-electron chi connectivity index (χ3n) is 6.62. The molecule has 0 saturated heterocycles. The largest absolute Gasteiger partial charge is 0.423 e. The SMILES string of the molecule is C=CCN1C(=O)c2ccc(Nc3cc(N[C@H](CO)c4ccccc4)c(-c4nnco4)cn3)cc2C1(C)C. The molecule has 4 aromatic rings. The number of hydrogen-bond donors (Lipinski definition) is 3. The van der Waals surface area contributed by atoms with E-state index in [2.05, 4.69) is 32.4 Å². The highest BCUT2D eigenvalue weighted by Crippen LogP contribution is 2.40. The van der Waals surface area contributed by atoms with Crippen molar-refractivity contribution >= 4 is 23.1 Å². The molecule has 1 aliphatic rings. The minimum Gasteiger partial charge on any atom is -0.423 e. The number of amides is 1. The van der Waals surface area contributed by atoms with E-state index in [-0.39, 0.29) is 18.6 Å². The van der Waals surface area contributed by atoms with Gasteiger partial charge in [-0.25, -0.2) is 4.98 Å². The molecule has 1 aliphatic heterocycles. The van der Waals surface area contributed by atoms with Crippen LogP contribution in [-0.2, 0) is 5.54 Å². The van der Waals surface area contributed by atoms with Crippen molar-refractivity contribution in [1.82, 2.24) is 20.1 Å². The van der Waals surface area contributed by atoms with Gasteiger partial charge in [-0.3, -0.25) is 4.79 Å². The van der Waals surface area contributed by atoms with Crippen molar-refractivity contribution in [2.45, 2.75) is 25.4 Å². The molecule has 2 aromatic carbocycles. The number of carbonyl (C=O) groups excluding carboxylic acids is 1. The number of anilines is 3. The molecule has 0 fully saturated rings. The highest BCUT2D eigenvalue weighted by Gasteiger charge is 2.42. The number of benzene rings is 2. The summed E-state index contributed by atoms with van der Waals surface area (Å²) in [6.45, 7) is 8.21. The van der Waals surface area contributed by atoms with Crippen molar-refractivity contribution in [3.63, 3.8) is 0 Å². The molecule has 1 atom stereocenters. The van der Waals surface area contributed by atoms with Gasteiger partial charge in [0.25, 0.3) is 11.8 Å². The zero-order valence-electron chi connectivity index (χ0n) is 20.7. The summed E-state index contributed by atoms with van der Waals surface area (Å²) >= 11 is 0. The third-order valence-corrected chi connectivity index (χ3v) is 6.62. The van der Waals surface area contributed by atoms with E-state index in [4.69, 9.17) is 4.42 Å². The van der Waals surface area contributed by atoms with E-state index < -0.39 is 5.54 Å². The lowest BCUT2D eigenvalue weighted by molar-refractivity contribution is 0.0652. The first-order valence-electron chi connectivity index (χ1n) is 12.0. The molecule has 188 valence electrons. The second-order valence-corrected chi connectivity index (χ2v) is 9.30. The molecule has 3 heterocycles. The maximum absolute atomic E-state index is 12.9. The molecule has 0 aliphatic carbocycles. The van der Waals surface area contributed by atoms with Crippen LogP contribution in [0.5, 0.6) is 0 Å². The number of pyridine rings is 1. The fourth-order valence-corrected chi connectivity index (χ4v) is 4.66. The Bertz CT molecular complexity index is 1420. The number of nitrogens with one attached hydrogen (secondary N) is 2. The van der Waals surface area contributed by atoms with Crippen molar-refractivity contribution < 1.29 is 14.3 Å². The fraction of sp³-hybridized carbons (Fsp3) is 0.214. The van der Waals surface area contributed by atoms with Crippen LogP contribution in [0, 0.1) is 0 Å². The standard InChI is InChI=1S/C28H28N6O3/c1-4-12-34-27(36)20-11-10-19(13-22(20)28(34,2)3)31-25-14-23(21(15-29-25)26-33-30-17-37-26)32-24(16-35)18-8-6-5-7-9-18/h4-11,13-15,17,24,35H,1,12,16H2,2-3H3,(H2,29,31,32)/t24-/m1/s1. The molecule has 3 N–H and O–H groups in total. The van der Waals surface area contributed by atoms with Crippen LogP contribution in [0.4, 0.5) is 17.2 Å². The fourth-order valence-electron chi connectivity index (χ4n) is 4.66. The summed E-state index contributed by atoms with van der Waals surface area (Å²) in [5.74, 6) is 0.878. The normalized spacial score (nSPS) is 14.8. The van der Waals surface area contributed by atoms with E-state index in [9.17, 15) is 9.90 Å². The molecule has 1 amide bonds. The summed E-state index contributed by atoms with van der Waals surface area (Å²) < 4.78 is 5.42. The van der Waals surface area contributed by atoms with Gasteiger partial charge in [0.2, 0.25) is 6.39 Å². The second-order valence-electron chi connectivity index (χ2n) is 9.30. The minimum atomic E-state index is -0.468. The lowest BCUT2D eigenvalue weighted by Crippen LogP contribution is -2.39. The maximum atomic E-state index is 12.9. The third kappa shape index (κ3) is 4.56. The summed E-state index contributed by atoms with van der Waals surface area (Å²) in [4.78, 5) is 19.3. The molecule has 2 aromatic heterocycles. The van der Waals surface area contributed by atoms with Crippen molar-refractivity contribution in [3.8, 4) is 11.5 Å². The van der Waals surface area contributed by atoms with E-state index >= 15 is 0 Å². The quantitative estimate of drug-likeness (QED) is 0.280. The Hall–Kier alpha value is -4.50. The van der Waals surface area contributed by atoms with Crippen molar-refractivity contribution in [2.24, 2.45) is 0 Å². The first-order valence-corrected chi connectivity index (χ1v) is 12.0. The molecule has 0 unspecified atom stereocenters. The van der Waals surface area contributed by atoms with Crippen LogP contribution < -0.4 is 10.6 Å². The first-order chi connectivity index (χ1) is 17.9. The smallest absolute Gasteiger partial charge is 0.255 e. The molecule has 5 rings (SSSR count). The number of hydrogen-bond acceptors (Lipinski definition) is 8. The topological polar surface area (TPSA) is 116 Å². The Morgan fingerprint density at radius 1 is 1.16 bits per heavy atom. The highest BCUT2D eigenvalue weighted by atomic mass is 16.4. The monoisotopic (exact) mass is 496 g/mol. The molecule has 0 saturated carbocycles. The molecular formula is C28H28N6O3. The minimum absolute atomic E-state index is 0.00377. The predicted molar refractivity (Wildman–Crippen MR) is 141 cm³/mol. The van der Waals surface area contributed by atoms with E-state index in [1.165, 1.54) is 6.39 Å². The summed E-state index contributed by atoms with van der Waals surface area (Å²) in [6.07, 6.45) is 4.64. The van der Waals surface area contributed by atoms with E-state index in [0.29, 0.717) is 35.1 Å². The number of aliphatic hydroxyl groups excluding tert-OH is 1. The number of aromatic nitrogens is 3. The van der Waals surface area contributed by atoms with Crippen LogP contribution in [-0.4, -0.2) is 44.2 Å². The molecular weight excluding hydrogens is 468 g/mol. The zero-order chi connectivity index (χ0) is 26.0. The average Bonchev–Trinajstić information content (AvgIpc) is 3.50. The zero-order valence-corrected chi connectivity index (χ0v) is 20.7. The van der Waals surface area contributed by atoms with Crippen LogP contribution in [0.2, 0.25) is 0 Å². The van der Waals surface area contributed by atoms with Gasteiger partial charge in [-0.1, -0.05) is 36.4 Å². The van der Waals surface area contributed by atoms with Crippen molar-refractivity contribution in [1.29, 1.82) is 0 Å². The summed E-state index contributed by atoms with van der Waals surface area (Å²) in [5, 5.41) is 24.7. The van der Waals surface area contributed by atoms with E-state index in [1.54, 1.807) is 12.3 Å². The van der Waals surface area contributed by atoms with Crippen LogP contribution in [0.3, 0.4) is 0 Å². The second kappa shape index (κ2) is 9.87. The number of fused-ring (bicyclic) bond motifs is 1. The average molecular weight is 497 g/mol. The van der Waals surface area contributed by atoms with Gasteiger partial charge < -0.3 is 25.1 Å². The van der Waals surface area contributed by atoms with Gasteiger partial charge >= 0.3 is 0 Å². The van der Waals surface area contributed by atoms with Gasteiger partial charge in [0.05, 0.1) is 29.4 Å². The van der Waals surface area contributed by atoms with Crippen molar-refractivity contribution in [3.05, 3.63) is 96.5 Å². The van der Waals surface area contributed by atoms with Gasteiger partial charge in [-0.2, -0.15) is 0 Å². The molecule has 37 heavy (non-hydrogen) atoms. The van der Waals surface area contributed by atoms with Gasteiger partial charge in [-0.05, 0) is 43.2 Å². The van der Waals surface area contributed by atoms with E-state index in [0.717, 1.165) is 16.8 Å². The Kier molecular flexibility index (Phi) is 6.45. The Morgan fingerprint density at radius 2 is 1.97 bits per heavy atom. The molecule has 0 bridgehead atoms. The number of rotatable bonds is 9. The molecule has 9 nitrogen and oxygen atoms in total. The number of carbonyl (C=O) groups is 1. The number of aliphatic hydroxyl groups is 1. The van der Waals surface area contributed by atoms with Crippen LogP contribution in [0.15, 0.2) is 84.3 Å². The van der Waals surface area contributed by atoms with Crippen LogP contribution in [0.1, 0.15) is 41.4 Å². The summed E-state index contributed by atoms with van der Waals surface area (Å²) in [6, 6.07) is 16.8. The Labute approximate surface area is 214 Å². The molecule has 0 spiro atoms. The summed E-state index contributed by atoms with van der Waals surface area (Å²) in [5.41, 5.74) is 4.16. The van der Waals surface area contributed by atoms with Crippen LogP contribution >= 0.6 is 0 Å². The van der Waals surface area contributed by atoms with Crippen molar-refractivity contribution in [2.75, 3.05) is 23.8 Å². The van der Waals surface area contributed by atoms with Gasteiger partial charge in [0.1, 0.15) is 5.82 Å². The molecule has 0 radical (unpaired) electrons. The van der Waals surface area contributed by atoms with Gasteiger partial charge in [0.15, 0.2) is 0 Å². The lowest BCUT2D eigenvalue weighted by atomic mass is 9.93. The maximum Gasteiger partial charge on any atom is 0.255 e. The number of nitrogens with zero attached hydrogens (tertiary/aromatic N) is 4. The predicted octanol–water partition coefficient (Wildman–Crippen LogP) is 4.90.